The Morgan fingerprint density at radius 2 is 1.41 bits per heavy atom. The molecule has 7 N–H and O–H groups in total. The number of carbonyl (C=O) groups excluding carboxylic acids is 3. The predicted octanol–water partition coefficient (Wildman–Crippen LogP) is 1.45. The second-order valence-electron chi connectivity index (χ2n) is 9.64. The maximum atomic E-state index is 13.3. The van der Waals surface area contributed by atoms with Gasteiger partial charge in [0.15, 0.2) is 0 Å². The monoisotopic (exact) mass is 558 g/mol. The average Bonchev–Trinajstić information content (AvgIpc) is 2.90. The Labute approximate surface area is 233 Å². The van der Waals surface area contributed by atoms with Crippen LogP contribution >= 0.6 is 11.8 Å². The summed E-state index contributed by atoms with van der Waals surface area (Å²) in [6.07, 6.45) is 2.41. The number of carboxylic acids is 1. The number of nitrogens with one attached hydrogen (secondary N) is 3. The second kappa shape index (κ2) is 15.7. The minimum atomic E-state index is -1.16. The first-order valence-corrected chi connectivity index (χ1v) is 14.1. The van der Waals surface area contributed by atoms with E-state index < -0.39 is 47.9 Å². The number of nitrogens with two attached hydrogens (primary N) is 1. The fraction of sp³-hybridized carbons (Fsp3) is 0.429. The zero-order chi connectivity index (χ0) is 28.9. The number of hydrogen-bond acceptors (Lipinski definition) is 7. The highest BCUT2D eigenvalue weighted by atomic mass is 32.2. The molecule has 0 saturated carbocycles. The number of phenols is 1. The van der Waals surface area contributed by atoms with Crippen molar-refractivity contribution in [2.45, 2.75) is 57.3 Å². The maximum Gasteiger partial charge on any atom is 0.326 e. The molecule has 0 aromatic heterocycles. The van der Waals surface area contributed by atoms with Crippen LogP contribution < -0.4 is 21.7 Å². The molecule has 0 radical (unpaired) electrons. The largest absolute Gasteiger partial charge is 0.508 e. The van der Waals surface area contributed by atoms with Gasteiger partial charge in [0.1, 0.15) is 23.9 Å². The molecular weight excluding hydrogens is 520 g/mol. The summed E-state index contributed by atoms with van der Waals surface area (Å²) in [7, 11) is 0. The van der Waals surface area contributed by atoms with Gasteiger partial charge in [0, 0.05) is 6.42 Å². The summed E-state index contributed by atoms with van der Waals surface area (Å²) in [5.74, 6) is -2.59. The van der Waals surface area contributed by atoms with Gasteiger partial charge in [-0.3, -0.25) is 14.4 Å². The SMILES string of the molecule is CSCCC(NC(=O)C(Cc1ccccc1)NC(=O)C(NC(=O)C(N)Cc1ccc(O)cc1)C(C)C)C(=O)O. The van der Waals surface area contributed by atoms with Gasteiger partial charge in [0.25, 0.3) is 0 Å². The maximum absolute atomic E-state index is 13.3. The van der Waals surface area contributed by atoms with E-state index in [4.69, 9.17) is 5.73 Å². The van der Waals surface area contributed by atoms with Crippen molar-refractivity contribution in [2.75, 3.05) is 12.0 Å². The van der Waals surface area contributed by atoms with E-state index in [-0.39, 0.29) is 30.9 Å². The Hall–Kier alpha value is -3.57. The molecule has 0 saturated heterocycles. The highest BCUT2D eigenvalue weighted by Crippen LogP contribution is 2.12. The van der Waals surface area contributed by atoms with Crippen molar-refractivity contribution >= 4 is 35.5 Å². The lowest BCUT2D eigenvalue weighted by Crippen LogP contribution is -2.59. The number of aliphatic carboxylic acids is 1. The van der Waals surface area contributed by atoms with Gasteiger partial charge in [-0.25, -0.2) is 4.79 Å². The van der Waals surface area contributed by atoms with Gasteiger partial charge < -0.3 is 31.9 Å². The fourth-order valence-electron chi connectivity index (χ4n) is 3.86. The molecular formula is C28H38N4O6S. The second-order valence-corrected chi connectivity index (χ2v) is 10.6. The first-order chi connectivity index (χ1) is 18.5. The van der Waals surface area contributed by atoms with Crippen LogP contribution in [0.3, 0.4) is 0 Å². The lowest BCUT2D eigenvalue weighted by molar-refractivity contribution is -0.142. The number of rotatable bonds is 15. The quantitative estimate of drug-likeness (QED) is 0.191. The van der Waals surface area contributed by atoms with Gasteiger partial charge >= 0.3 is 5.97 Å². The van der Waals surface area contributed by atoms with Crippen molar-refractivity contribution in [3.8, 4) is 5.75 Å². The molecule has 4 unspecified atom stereocenters. The van der Waals surface area contributed by atoms with Crippen LogP contribution in [0, 0.1) is 5.92 Å². The molecule has 2 rings (SSSR count). The van der Waals surface area contributed by atoms with Gasteiger partial charge in [-0.05, 0) is 54.0 Å². The van der Waals surface area contributed by atoms with E-state index in [1.807, 2.05) is 12.3 Å². The third-order valence-corrected chi connectivity index (χ3v) is 6.76. The fourth-order valence-corrected chi connectivity index (χ4v) is 4.33. The Kier molecular flexibility index (Phi) is 12.8. The van der Waals surface area contributed by atoms with E-state index in [1.54, 1.807) is 50.2 Å². The van der Waals surface area contributed by atoms with E-state index >= 15 is 0 Å². The molecule has 0 aliphatic heterocycles. The van der Waals surface area contributed by atoms with Gasteiger partial charge in [0.2, 0.25) is 17.7 Å². The van der Waals surface area contributed by atoms with Crippen molar-refractivity contribution in [2.24, 2.45) is 11.7 Å². The van der Waals surface area contributed by atoms with Crippen molar-refractivity contribution in [1.82, 2.24) is 16.0 Å². The van der Waals surface area contributed by atoms with Crippen molar-refractivity contribution < 1.29 is 29.4 Å². The van der Waals surface area contributed by atoms with Gasteiger partial charge in [-0.15, -0.1) is 0 Å². The Morgan fingerprint density at radius 3 is 1.97 bits per heavy atom. The van der Waals surface area contributed by atoms with Crippen molar-refractivity contribution in [3.05, 3.63) is 65.7 Å². The van der Waals surface area contributed by atoms with Gasteiger partial charge in [0.05, 0.1) is 6.04 Å². The number of carboxylic acid groups (broad SMARTS) is 1. The molecule has 212 valence electrons. The summed E-state index contributed by atoms with van der Waals surface area (Å²) >= 11 is 1.47. The lowest BCUT2D eigenvalue weighted by Gasteiger charge is -2.27. The van der Waals surface area contributed by atoms with Crippen LogP contribution in [0.5, 0.6) is 5.75 Å². The Bertz CT molecular complexity index is 1100. The van der Waals surface area contributed by atoms with Gasteiger partial charge in [-0.1, -0.05) is 56.3 Å². The smallest absolute Gasteiger partial charge is 0.326 e. The first kappa shape index (κ1) is 31.6. The summed E-state index contributed by atoms with van der Waals surface area (Å²) in [4.78, 5) is 51.1. The van der Waals surface area contributed by atoms with Crippen LogP contribution in [0.25, 0.3) is 0 Å². The first-order valence-electron chi connectivity index (χ1n) is 12.7. The highest BCUT2D eigenvalue weighted by Gasteiger charge is 2.31. The molecule has 11 heteroatoms. The molecule has 2 aromatic carbocycles. The third-order valence-electron chi connectivity index (χ3n) is 6.12. The number of amides is 3. The van der Waals surface area contributed by atoms with Crippen LogP contribution in [0.1, 0.15) is 31.4 Å². The van der Waals surface area contributed by atoms with E-state index in [2.05, 4.69) is 16.0 Å². The summed E-state index contributed by atoms with van der Waals surface area (Å²) in [6.45, 7) is 3.51. The minimum Gasteiger partial charge on any atom is -0.508 e. The van der Waals surface area contributed by atoms with E-state index in [0.29, 0.717) is 5.75 Å². The predicted molar refractivity (Wildman–Crippen MR) is 151 cm³/mol. The van der Waals surface area contributed by atoms with Gasteiger partial charge in [-0.2, -0.15) is 11.8 Å². The standard InChI is InChI=1S/C28H38N4O6S/c1-17(2)24(32-25(34)21(29)15-19-9-11-20(33)12-10-19)27(36)31-23(16-18-7-5-4-6-8-18)26(35)30-22(28(37)38)13-14-39-3/h4-12,17,21-24,33H,13-16,29H2,1-3H3,(H,30,35)(H,31,36)(H,32,34)(H,37,38). The zero-order valence-corrected chi connectivity index (χ0v) is 23.2. The number of phenolic OH excluding ortho intramolecular Hbond substituents is 1. The molecule has 0 bridgehead atoms. The number of thioether (sulfide) groups is 1. The Balaban J connectivity index is 2.16. The van der Waals surface area contributed by atoms with Crippen LogP contribution in [0.15, 0.2) is 54.6 Å². The summed E-state index contributed by atoms with van der Waals surface area (Å²) in [5, 5.41) is 26.9. The van der Waals surface area contributed by atoms with E-state index in [0.717, 1.165) is 11.1 Å². The molecule has 2 aromatic rings. The number of benzene rings is 2. The lowest BCUT2D eigenvalue weighted by atomic mass is 9.99. The molecule has 4 atom stereocenters. The molecule has 10 nitrogen and oxygen atoms in total. The summed E-state index contributed by atoms with van der Waals surface area (Å²) in [6, 6.07) is 11.3. The molecule has 0 fully saturated rings. The normalized spacial score (nSPS) is 14.1. The molecule has 3 amide bonds. The van der Waals surface area contributed by atoms with E-state index in [9.17, 15) is 29.4 Å². The number of carbonyl (C=O) groups is 4. The number of hydrogen-bond donors (Lipinski definition) is 6. The zero-order valence-electron chi connectivity index (χ0n) is 22.4. The minimum absolute atomic E-state index is 0.0985. The molecule has 39 heavy (non-hydrogen) atoms. The molecule has 0 aliphatic carbocycles. The molecule has 0 aliphatic rings. The number of aromatic hydroxyl groups is 1. The third kappa shape index (κ3) is 10.6. The summed E-state index contributed by atoms with van der Waals surface area (Å²) in [5.41, 5.74) is 7.60. The van der Waals surface area contributed by atoms with Crippen LogP contribution in [-0.4, -0.2) is 70.1 Å². The van der Waals surface area contributed by atoms with Crippen LogP contribution in [0.2, 0.25) is 0 Å². The van der Waals surface area contributed by atoms with Crippen molar-refractivity contribution in [1.29, 1.82) is 0 Å². The topological polar surface area (TPSA) is 171 Å². The van der Waals surface area contributed by atoms with Crippen molar-refractivity contribution in [3.63, 3.8) is 0 Å². The Morgan fingerprint density at radius 1 is 0.821 bits per heavy atom. The molecule has 0 spiro atoms. The van der Waals surface area contributed by atoms with E-state index in [1.165, 1.54) is 23.9 Å². The van der Waals surface area contributed by atoms with Crippen LogP contribution in [0.4, 0.5) is 0 Å². The summed E-state index contributed by atoms with van der Waals surface area (Å²) < 4.78 is 0. The average molecular weight is 559 g/mol. The highest BCUT2D eigenvalue weighted by molar-refractivity contribution is 7.98. The molecule has 0 heterocycles. The van der Waals surface area contributed by atoms with Crippen LogP contribution in [-0.2, 0) is 32.0 Å².